The van der Waals surface area contributed by atoms with Crippen LogP contribution in [0.4, 0.5) is 0 Å². The molecule has 0 aliphatic heterocycles. The van der Waals surface area contributed by atoms with E-state index in [2.05, 4.69) is 65.3 Å². The summed E-state index contributed by atoms with van der Waals surface area (Å²) in [6.45, 7) is 5.84. The highest BCUT2D eigenvalue weighted by molar-refractivity contribution is 9.10. The lowest BCUT2D eigenvalue weighted by molar-refractivity contribution is -0.144. The van der Waals surface area contributed by atoms with Gasteiger partial charge in [-0.05, 0) is 79.4 Å². The van der Waals surface area contributed by atoms with E-state index < -0.39 is 12.1 Å². The van der Waals surface area contributed by atoms with Crippen molar-refractivity contribution in [3.05, 3.63) is 99.5 Å². The summed E-state index contributed by atoms with van der Waals surface area (Å²) in [5, 5.41) is 9.02. The molecule has 160 valence electrons. The predicted molar refractivity (Wildman–Crippen MR) is 127 cm³/mol. The molecule has 3 rings (SSSR count). The molecule has 0 spiro atoms. The van der Waals surface area contributed by atoms with Gasteiger partial charge in [0.05, 0.1) is 0 Å². The third kappa shape index (κ3) is 6.22. The number of rotatable bonds is 8. The first-order valence-electron chi connectivity index (χ1n) is 9.99. The van der Waals surface area contributed by atoms with Crippen LogP contribution in [0, 0.1) is 13.8 Å². The van der Waals surface area contributed by atoms with Crippen LogP contribution in [0.5, 0.6) is 11.5 Å². The van der Waals surface area contributed by atoms with Crippen molar-refractivity contribution < 1.29 is 19.4 Å². The normalized spacial score (nSPS) is 12.3. The lowest BCUT2D eigenvalue weighted by Crippen LogP contribution is -2.23. The Balaban J connectivity index is 1.78. The Kier molecular flexibility index (Phi) is 7.53. The molecule has 1 atom stereocenters. The fourth-order valence-corrected chi connectivity index (χ4v) is 3.34. The number of carboxylic acid groups (broad SMARTS) is 1. The zero-order valence-electron chi connectivity index (χ0n) is 17.8. The molecule has 0 radical (unpaired) electrons. The first kappa shape index (κ1) is 22.6. The summed E-state index contributed by atoms with van der Waals surface area (Å²) < 4.78 is 12.5. The van der Waals surface area contributed by atoms with Gasteiger partial charge in [-0.25, -0.2) is 4.79 Å². The number of hydrogen-bond donors (Lipinski definition) is 1. The van der Waals surface area contributed by atoms with Crippen LogP contribution >= 0.6 is 15.9 Å². The molecule has 0 aromatic heterocycles. The van der Waals surface area contributed by atoms with Gasteiger partial charge in [-0.3, -0.25) is 0 Å². The first-order valence-corrected chi connectivity index (χ1v) is 10.8. The van der Waals surface area contributed by atoms with E-state index in [1.807, 2.05) is 25.1 Å². The number of hydrogen-bond acceptors (Lipinski definition) is 3. The van der Waals surface area contributed by atoms with E-state index in [0.717, 1.165) is 26.7 Å². The van der Waals surface area contributed by atoms with Gasteiger partial charge in [0.25, 0.3) is 0 Å². The van der Waals surface area contributed by atoms with Crippen molar-refractivity contribution in [2.75, 3.05) is 6.61 Å². The summed E-state index contributed by atoms with van der Waals surface area (Å²) in [7, 11) is 0. The van der Waals surface area contributed by atoms with Gasteiger partial charge in [-0.15, -0.1) is 0 Å². The van der Waals surface area contributed by atoms with E-state index in [4.69, 9.17) is 14.6 Å². The minimum absolute atomic E-state index is 0.393. The van der Waals surface area contributed by atoms with Crippen molar-refractivity contribution in [2.24, 2.45) is 0 Å². The van der Waals surface area contributed by atoms with E-state index in [1.54, 1.807) is 12.1 Å². The Morgan fingerprint density at radius 1 is 1.00 bits per heavy atom. The van der Waals surface area contributed by atoms with Crippen molar-refractivity contribution in [3.8, 4) is 11.5 Å². The molecule has 3 aromatic rings. The Bertz CT molecular complexity index is 1020. The first-order chi connectivity index (χ1) is 14.8. The molecule has 1 N–H and O–H groups in total. The molecule has 31 heavy (non-hydrogen) atoms. The Morgan fingerprint density at radius 3 is 2.19 bits per heavy atom. The molecule has 0 aliphatic rings. The maximum absolute atomic E-state index is 11.0. The molecule has 1 unspecified atom stereocenters. The topological polar surface area (TPSA) is 55.8 Å². The molecule has 5 heteroatoms. The molecular weight excluding hydrogens is 456 g/mol. The van der Waals surface area contributed by atoms with Gasteiger partial charge in [0.1, 0.15) is 18.1 Å². The highest BCUT2D eigenvalue weighted by atomic mass is 79.9. The van der Waals surface area contributed by atoms with Crippen LogP contribution in [-0.2, 0) is 4.79 Å². The molecule has 3 aromatic carbocycles. The van der Waals surface area contributed by atoms with Crippen molar-refractivity contribution in [1.29, 1.82) is 0 Å². The molecule has 0 bridgehead atoms. The molecule has 0 aliphatic carbocycles. The second kappa shape index (κ2) is 10.3. The fraction of sp³-hybridized carbons (Fsp3) is 0.192. The van der Waals surface area contributed by atoms with Crippen LogP contribution in [0.25, 0.3) is 5.57 Å². The van der Waals surface area contributed by atoms with Crippen LogP contribution in [-0.4, -0.2) is 23.8 Å². The Hall–Kier alpha value is -3.05. The lowest BCUT2D eigenvalue weighted by atomic mass is 9.97. The monoisotopic (exact) mass is 480 g/mol. The largest absolute Gasteiger partial charge is 0.489 e. The number of benzene rings is 3. The van der Waals surface area contributed by atoms with Crippen LogP contribution in [0.2, 0.25) is 0 Å². The molecule has 0 saturated heterocycles. The quantitative estimate of drug-likeness (QED) is 0.403. The van der Waals surface area contributed by atoms with Gasteiger partial charge in [-0.2, -0.15) is 0 Å². The van der Waals surface area contributed by atoms with Gasteiger partial charge in [-0.1, -0.05) is 57.9 Å². The number of ether oxygens (including phenoxy) is 2. The number of carbonyl (C=O) groups is 1. The van der Waals surface area contributed by atoms with E-state index in [1.165, 1.54) is 12.5 Å². The number of halogens is 1. The SMILES string of the molecule is Cc1ccc(C(=CCOc2ccc(OC(C)C(=O)O)c(C)c2)c2ccc(Br)cc2)cc1. The third-order valence-corrected chi connectivity index (χ3v) is 5.38. The summed E-state index contributed by atoms with van der Waals surface area (Å²) in [5.74, 6) is 0.234. The average molecular weight is 481 g/mol. The van der Waals surface area contributed by atoms with Crippen molar-refractivity contribution in [3.63, 3.8) is 0 Å². The average Bonchev–Trinajstić information content (AvgIpc) is 2.74. The maximum atomic E-state index is 11.0. The summed E-state index contributed by atoms with van der Waals surface area (Å²) in [6.07, 6.45) is 1.16. The van der Waals surface area contributed by atoms with Crippen molar-refractivity contribution >= 4 is 27.5 Å². The Morgan fingerprint density at radius 2 is 1.61 bits per heavy atom. The summed E-state index contributed by atoms with van der Waals surface area (Å²) in [6, 6.07) is 22.0. The summed E-state index contributed by atoms with van der Waals surface area (Å²) in [5.41, 5.74) is 5.36. The fourth-order valence-electron chi connectivity index (χ4n) is 3.07. The van der Waals surface area contributed by atoms with Gasteiger partial charge >= 0.3 is 5.97 Å². The highest BCUT2D eigenvalue weighted by Crippen LogP contribution is 2.27. The van der Waals surface area contributed by atoms with Gasteiger partial charge in [0.15, 0.2) is 6.10 Å². The van der Waals surface area contributed by atoms with E-state index >= 15 is 0 Å². The van der Waals surface area contributed by atoms with Crippen LogP contribution < -0.4 is 9.47 Å². The van der Waals surface area contributed by atoms with Crippen LogP contribution in [0.1, 0.15) is 29.2 Å². The van der Waals surface area contributed by atoms with Gasteiger partial charge in [0, 0.05) is 4.47 Å². The second-order valence-corrected chi connectivity index (χ2v) is 8.24. The van der Waals surface area contributed by atoms with Gasteiger partial charge < -0.3 is 14.6 Å². The molecule has 0 fully saturated rings. The molecule has 0 amide bonds. The van der Waals surface area contributed by atoms with E-state index in [9.17, 15) is 4.79 Å². The van der Waals surface area contributed by atoms with Crippen molar-refractivity contribution in [2.45, 2.75) is 26.9 Å². The van der Waals surface area contributed by atoms with Crippen molar-refractivity contribution in [1.82, 2.24) is 0 Å². The summed E-state index contributed by atoms with van der Waals surface area (Å²) in [4.78, 5) is 11.0. The van der Waals surface area contributed by atoms with Crippen LogP contribution in [0.3, 0.4) is 0 Å². The predicted octanol–water partition coefficient (Wildman–Crippen LogP) is 6.43. The van der Waals surface area contributed by atoms with Gasteiger partial charge in [0.2, 0.25) is 0 Å². The van der Waals surface area contributed by atoms with Crippen LogP contribution in [0.15, 0.2) is 77.3 Å². The Labute approximate surface area is 191 Å². The molecular formula is C26H25BrO4. The highest BCUT2D eigenvalue weighted by Gasteiger charge is 2.14. The minimum Gasteiger partial charge on any atom is -0.489 e. The summed E-state index contributed by atoms with van der Waals surface area (Å²) >= 11 is 3.49. The number of aliphatic carboxylic acids is 1. The van der Waals surface area contributed by atoms with E-state index in [-0.39, 0.29) is 0 Å². The lowest BCUT2D eigenvalue weighted by Gasteiger charge is -2.14. The molecule has 0 heterocycles. The van der Waals surface area contributed by atoms with E-state index in [0.29, 0.717) is 18.1 Å². The second-order valence-electron chi connectivity index (χ2n) is 7.33. The zero-order chi connectivity index (χ0) is 22.4. The number of aryl methyl sites for hydroxylation is 2. The standard InChI is InChI=1S/C26H25BrO4/c1-17-4-6-20(7-5-17)24(21-8-10-22(27)11-9-21)14-15-30-23-12-13-25(18(2)16-23)31-19(3)26(28)29/h4-14,16,19H,15H2,1-3H3,(H,28,29). The molecule has 4 nitrogen and oxygen atoms in total. The minimum atomic E-state index is -0.999. The smallest absolute Gasteiger partial charge is 0.344 e. The molecule has 0 saturated carbocycles. The number of carboxylic acids is 1. The zero-order valence-corrected chi connectivity index (χ0v) is 19.3. The maximum Gasteiger partial charge on any atom is 0.344 e. The third-order valence-electron chi connectivity index (χ3n) is 4.85.